The fraction of sp³-hybridized carbons (Fsp3) is 0.0909. The molecule has 1 N–H and O–H groups in total. The molecule has 0 fully saturated rings. The van der Waals surface area contributed by atoms with E-state index in [2.05, 4.69) is 132 Å². The van der Waals surface area contributed by atoms with Crippen molar-refractivity contribution in [3.05, 3.63) is 114 Å². The van der Waals surface area contributed by atoms with Gasteiger partial charge in [-0.05, 0) is 35.6 Å². The minimum absolute atomic E-state index is 0. The number of hydrogen-bond donors (Lipinski definition) is 1. The average molecular weight is 453 g/mol. The van der Waals surface area contributed by atoms with E-state index >= 15 is 0 Å². The summed E-state index contributed by atoms with van der Waals surface area (Å²) in [5, 5.41) is 5.14. The third-order valence-corrected chi connectivity index (χ3v) is 7.24. The Labute approximate surface area is 206 Å². The minimum atomic E-state index is 0. The van der Waals surface area contributed by atoms with Crippen LogP contribution in [0, 0.1) is 5.92 Å². The van der Waals surface area contributed by atoms with Gasteiger partial charge in [0.1, 0.15) is 0 Å². The monoisotopic (exact) mass is 452 g/mol. The normalized spacial score (nSPS) is 15.1. The van der Waals surface area contributed by atoms with Gasteiger partial charge in [-0.2, -0.15) is 0 Å². The van der Waals surface area contributed by atoms with Crippen molar-refractivity contribution in [1.82, 2.24) is 9.55 Å². The molecule has 35 heavy (non-hydrogen) atoms. The van der Waals surface area contributed by atoms with Crippen LogP contribution in [0.5, 0.6) is 0 Å². The molecule has 2 nitrogen and oxygen atoms in total. The van der Waals surface area contributed by atoms with Crippen molar-refractivity contribution in [2.75, 3.05) is 0 Å². The van der Waals surface area contributed by atoms with Gasteiger partial charge in [-0.3, -0.25) is 0 Å². The molecule has 6 aromatic rings. The van der Waals surface area contributed by atoms with E-state index in [4.69, 9.17) is 0 Å². The fourth-order valence-electron chi connectivity index (χ4n) is 5.67. The topological polar surface area (TPSA) is 20.7 Å². The summed E-state index contributed by atoms with van der Waals surface area (Å²) in [6, 6.07) is 37.0. The fourth-order valence-corrected chi connectivity index (χ4v) is 5.67. The number of rotatable bonds is 3. The Kier molecular flexibility index (Phi) is 4.53. The van der Waals surface area contributed by atoms with Crippen molar-refractivity contribution < 1.29 is 1.43 Å². The third kappa shape index (κ3) is 3.10. The molecular formula is C33H28N2. The lowest BCUT2D eigenvalue weighted by Crippen LogP contribution is -2.26. The average Bonchev–Trinajstić information content (AvgIpc) is 3.46. The van der Waals surface area contributed by atoms with Gasteiger partial charge >= 0.3 is 0 Å². The molecule has 1 unspecified atom stereocenters. The Morgan fingerprint density at radius 2 is 1.37 bits per heavy atom. The van der Waals surface area contributed by atoms with E-state index in [9.17, 15) is 0 Å². The van der Waals surface area contributed by atoms with E-state index in [-0.39, 0.29) is 1.43 Å². The first kappa shape index (κ1) is 20.1. The zero-order valence-corrected chi connectivity index (χ0v) is 19.7. The summed E-state index contributed by atoms with van der Waals surface area (Å²) in [5.74, 6) is 0.554. The van der Waals surface area contributed by atoms with E-state index in [1.807, 2.05) is 0 Å². The van der Waals surface area contributed by atoms with Crippen molar-refractivity contribution in [1.29, 1.82) is 0 Å². The molecule has 0 saturated heterocycles. The van der Waals surface area contributed by atoms with Crippen LogP contribution in [0.4, 0.5) is 0 Å². The Bertz CT molecular complexity index is 1810. The molecule has 0 amide bonds. The van der Waals surface area contributed by atoms with E-state index in [0.29, 0.717) is 5.92 Å². The third-order valence-electron chi connectivity index (χ3n) is 7.24. The second-order valence-electron chi connectivity index (χ2n) is 9.55. The molecule has 2 heteroatoms. The van der Waals surface area contributed by atoms with Crippen LogP contribution in [0.2, 0.25) is 0 Å². The number of fused-ring (bicyclic) bond motifs is 5. The van der Waals surface area contributed by atoms with Crippen molar-refractivity contribution >= 4 is 34.0 Å². The molecule has 1 aliphatic carbocycles. The Balaban J connectivity index is 0.00000240. The zero-order chi connectivity index (χ0) is 23.4. The van der Waals surface area contributed by atoms with Crippen LogP contribution < -0.4 is 10.6 Å². The molecule has 170 valence electrons. The SMILES string of the molecule is CC1C=c2c([nH]c3c2ccc2c(-c4ccccc4)c(-c4ccccc4)n(-c4ccccc4)c23)=CC1.[HH]. The number of nitrogens with one attached hydrogen (secondary N) is 1. The molecule has 0 spiro atoms. The van der Waals surface area contributed by atoms with Gasteiger partial charge in [0, 0.05) is 34.0 Å². The van der Waals surface area contributed by atoms with Gasteiger partial charge in [-0.1, -0.05) is 110 Å². The van der Waals surface area contributed by atoms with Crippen LogP contribution in [-0.2, 0) is 0 Å². The van der Waals surface area contributed by atoms with Crippen LogP contribution >= 0.6 is 0 Å². The largest absolute Gasteiger partial charge is 0.353 e. The second-order valence-corrected chi connectivity index (χ2v) is 9.55. The molecule has 0 bridgehead atoms. The van der Waals surface area contributed by atoms with Crippen LogP contribution in [0.1, 0.15) is 14.8 Å². The summed E-state index contributed by atoms with van der Waals surface area (Å²) < 4.78 is 2.46. The Hall–Kier alpha value is -4.30. The maximum Gasteiger partial charge on any atom is 0.0783 e. The Morgan fingerprint density at radius 1 is 0.743 bits per heavy atom. The lowest BCUT2D eigenvalue weighted by molar-refractivity contribution is 0.799. The van der Waals surface area contributed by atoms with E-state index in [1.165, 1.54) is 60.4 Å². The maximum absolute atomic E-state index is 3.83. The van der Waals surface area contributed by atoms with Gasteiger partial charge in [0.05, 0.1) is 16.7 Å². The van der Waals surface area contributed by atoms with Gasteiger partial charge in [-0.15, -0.1) is 0 Å². The highest BCUT2D eigenvalue weighted by atomic mass is 15.0. The van der Waals surface area contributed by atoms with Gasteiger partial charge in [-0.25, -0.2) is 0 Å². The molecule has 2 heterocycles. The highest BCUT2D eigenvalue weighted by Crippen LogP contribution is 2.44. The second kappa shape index (κ2) is 7.89. The molecule has 4 aromatic carbocycles. The lowest BCUT2D eigenvalue weighted by Gasteiger charge is -2.13. The number of aromatic amines is 1. The number of nitrogens with zero attached hydrogens (tertiary/aromatic N) is 1. The molecule has 0 radical (unpaired) electrons. The standard InChI is InChI=1S/C33H26N2.H2/c1-22-17-20-29-28(21-22)26-18-19-27-30(23-11-5-2-6-12-23)32(24-13-7-3-8-14-24)35(33(27)31(26)34-29)25-15-9-4-10-16-25;/h2-16,18-22,34H,17H2,1H3;1H. The summed E-state index contributed by atoms with van der Waals surface area (Å²) in [6.07, 6.45) is 5.86. The van der Waals surface area contributed by atoms with Gasteiger partial charge in [0.2, 0.25) is 0 Å². The maximum atomic E-state index is 3.83. The summed E-state index contributed by atoms with van der Waals surface area (Å²) >= 11 is 0. The number of benzene rings is 4. The summed E-state index contributed by atoms with van der Waals surface area (Å²) in [5.41, 5.74) is 8.54. The number of H-pyrrole nitrogens is 1. The molecule has 1 aliphatic rings. The smallest absolute Gasteiger partial charge is 0.0783 e. The minimum Gasteiger partial charge on any atom is -0.353 e. The van der Waals surface area contributed by atoms with E-state index in [1.54, 1.807) is 0 Å². The van der Waals surface area contributed by atoms with Crippen molar-refractivity contribution in [3.8, 4) is 28.1 Å². The highest BCUT2D eigenvalue weighted by Gasteiger charge is 2.23. The first-order chi connectivity index (χ1) is 17.3. The Morgan fingerprint density at radius 3 is 2.09 bits per heavy atom. The first-order valence-corrected chi connectivity index (χ1v) is 12.4. The van der Waals surface area contributed by atoms with E-state index < -0.39 is 0 Å². The van der Waals surface area contributed by atoms with E-state index in [0.717, 1.165) is 6.42 Å². The summed E-state index contributed by atoms with van der Waals surface area (Å²) in [7, 11) is 0. The van der Waals surface area contributed by atoms with Crippen molar-refractivity contribution in [2.24, 2.45) is 5.92 Å². The number of hydrogen-bond acceptors (Lipinski definition) is 0. The molecule has 1 atom stereocenters. The molecule has 2 aromatic heterocycles. The predicted molar refractivity (Wildman–Crippen MR) is 150 cm³/mol. The van der Waals surface area contributed by atoms with Crippen LogP contribution in [0.15, 0.2) is 103 Å². The van der Waals surface area contributed by atoms with Gasteiger partial charge < -0.3 is 9.55 Å². The number of aromatic nitrogens is 2. The summed E-state index contributed by atoms with van der Waals surface area (Å²) in [6.45, 7) is 2.30. The molecule has 0 aliphatic heterocycles. The predicted octanol–water partition coefficient (Wildman–Crippen LogP) is 7.29. The van der Waals surface area contributed by atoms with Gasteiger partial charge in [0.25, 0.3) is 0 Å². The van der Waals surface area contributed by atoms with Crippen LogP contribution in [0.25, 0.3) is 62.0 Å². The van der Waals surface area contributed by atoms with Crippen LogP contribution in [-0.4, -0.2) is 9.55 Å². The lowest BCUT2D eigenvalue weighted by atomic mass is 9.97. The van der Waals surface area contributed by atoms with Crippen molar-refractivity contribution in [3.63, 3.8) is 0 Å². The highest BCUT2D eigenvalue weighted by molar-refractivity contribution is 6.15. The quantitative estimate of drug-likeness (QED) is 0.291. The number of para-hydroxylation sites is 1. The first-order valence-electron chi connectivity index (χ1n) is 12.4. The molecule has 0 saturated carbocycles. The zero-order valence-electron chi connectivity index (χ0n) is 19.7. The molecular weight excluding hydrogens is 424 g/mol. The van der Waals surface area contributed by atoms with Gasteiger partial charge in [0.15, 0.2) is 0 Å². The van der Waals surface area contributed by atoms with Crippen molar-refractivity contribution in [2.45, 2.75) is 13.3 Å². The molecule has 7 rings (SSSR count). The summed E-state index contributed by atoms with van der Waals surface area (Å²) in [4.78, 5) is 3.83. The van der Waals surface area contributed by atoms with Crippen LogP contribution in [0.3, 0.4) is 0 Å².